The summed E-state index contributed by atoms with van der Waals surface area (Å²) in [5.74, 6) is -0.468. The zero-order chi connectivity index (χ0) is 13.7. The Bertz CT molecular complexity index is 599. The number of benzene rings is 1. The van der Waals surface area contributed by atoms with Crippen molar-refractivity contribution in [1.82, 2.24) is 10.3 Å². The molecule has 6 nitrogen and oxygen atoms in total. The third kappa shape index (κ3) is 3.12. The average Bonchev–Trinajstić information content (AvgIpc) is 2.46. The second kappa shape index (κ2) is 5.72. The van der Waals surface area contributed by atoms with Crippen LogP contribution in [-0.2, 0) is 6.54 Å². The lowest BCUT2D eigenvalue weighted by atomic mass is 10.1. The Morgan fingerprint density at radius 3 is 2.58 bits per heavy atom. The van der Waals surface area contributed by atoms with Gasteiger partial charge in [-0.05, 0) is 23.8 Å². The van der Waals surface area contributed by atoms with E-state index >= 15 is 0 Å². The second-order valence-corrected chi connectivity index (χ2v) is 3.81. The van der Waals surface area contributed by atoms with Crippen LogP contribution in [0.2, 0.25) is 0 Å². The lowest BCUT2D eigenvalue weighted by Gasteiger charge is -2.05. The van der Waals surface area contributed by atoms with Gasteiger partial charge in [0.1, 0.15) is 5.56 Å². The number of para-hydroxylation sites is 1. The van der Waals surface area contributed by atoms with Crippen LogP contribution >= 0.6 is 0 Å². The molecule has 0 unspecified atom stereocenters. The predicted molar refractivity (Wildman–Crippen MR) is 68.5 cm³/mol. The Kier molecular flexibility index (Phi) is 3.82. The molecule has 2 rings (SSSR count). The quantitative estimate of drug-likeness (QED) is 0.669. The summed E-state index contributed by atoms with van der Waals surface area (Å²) in [7, 11) is 0. The lowest BCUT2D eigenvalue weighted by molar-refractivity contribution is -0.385. The highest BCUT2D eigenvalue weighted by molar-refractivity contribution is 5.98. The topological polar surface area (TPSA) is 85.1 Å². The van der Waals surface area contributed by atoms with Crippen molar-refractivity contribution in [1.29, 1.82) is 0 Å². The van der Waals surface area contributed by atoms with Crippen LogP contribution in [0.5, 0.6) is 0 Å². The smallest absolute Gasteiger partial charge is 0.282 e. The van der Waals surface area contributed by atoms with E-state index in [4.69, 9.17) is 0 Å². The van der Waals surface area contributed by atoms with Gasteiger partial charge in [0.25, 0.3) is 11.6 Å². The van der Waals surface area contributed by atoms with Crippen LogP contribution < -0.4 is 5.32 Å². The number of aromatic nitrogens is 1. The molecule has 0 atom stereocenters. The molecule has 1 heterocycles. The molecule has 0 radical (unpaired) electrons. The molecule has 19 heavy (non-hydrogen) atoms. The van der Waals surface area contributed by atoms with E-state index in [-0.39, 0.29) is 11.3 Å². The molecule has 1 amide bonds. The third-order valence-corrected chi connectivity index (χ3v) is 2.55. The van der Waals surface area contributed by atoms with Gasteiger partial charge in [0.2, 0.25) is 0 Å². The Balaban J connectivity index is 2.10. The lowest BCUT2D eigenvalue weighted by Crippen LogP contribution is -2.23. The number of nitrogens with one attached hydrogen (secondary N) is 1. The standard InChI is InChI=1S/C13H11N3O3/c17-13(15-9-10-5-7-14-8-6-10)11-3-1-2-4-12(11)16(18)19/h1-8H,9H2,(H,15,17). The number of pyridine rings is 1. The van der Waals surface area contributed by atoms with Crippen molar-refractivity contribution in [3.63, 3.8) is 0 Å². The van der Waals surface area contributed by atoms with Gasteiger partial charge >= 0.3 is 0 Å². The minimum atomic E-state index is -0.568. The minimum Gasteiger partial charge on any atom is -0.348 e. The van der Waals surface area contributed by atoms with Gasteiger partial charge in [-0.25, -0.2) is 0 Å². The van der Waals surface area contributed by atoms with E-state index in [9.17, 15) is 14.9 Å². The van der Waals surface area contributed by atoms with E-state index in [1.807, 2.05) is 0 Å². The first-order valence-corrected chi connectivity index (χ1v) is 5.59. The predicted octanol–water partition coefficient (Wildman–Crippen LogP) is 1.92. The fraction of sp³-hybridized carbons (Fsp3) is 0.0769. The van der Waals surface area contributed by atoms with Gasteiger partial charge in [-0.1, -0.05) is 12.1 Å². The Morgan fingerprint density at radius 1 is 1.21 bits per heavy atom. The van der Waals surface area contributed by atoms with E-state index < -0.39 is 10.8 Å². The van der Waals surface area contributed by atoms with E-state index in [0.29, 0.717) is 6.54 Å². The molecular weight excluding hydrogens is 246 g/mol. The fourth-order valence-corrected chi connectivity index (χ4v) is 1.60. The summed E-state index contributed by atoms with van der Waals surface area (Å²) in [6, 6.07) is 9.38. The van der Waals surface area contributed by atoms with Crippen LogP contribution in [0, 0.1) is 10.1 Å². The minimum absolute atomic E-state index is 0.0570. The van der Waals surface area contributed by atoms with Gasteiger partial charge < -0.3 is 5.32 Å². The molecule has 1 aromatic carbocycles. The first-order chi connectivity index (χ1) is 9.18. The SMILES string of the molecule is O=C(NCc1ccncc1)c1ccccc1[N+](=O)[O-]. The van der Waals surface area contributed by atoms with Crippen LogP contribution in [0.15, 0.2) is 48.8 Å². The Labute approximate surface area is 109 Å². The maximum Gasteiger partial charge on any atom is 0.282 e. The largest absolute Gasteiger partial charge is 0.348 e. The van der Waals surface area contributed by atoms with Crippen molar-refractivity contribution in [3.8, 4) is 0 Å². The Morgan fingerprint density at radius 2 is 1.89 bits per heavy atom. The number of nitro benzene ring substituents is 1. The van der Waals surface area contributed by atoms with Crippen LogP contribution in [-0.4, -0.2) is 15.8 Å². The summed E-state index contributed by atoms with van der Waals surface area (Å²) in [5.41, 5.74) is 0.734. The molecule has 0 aliphatic rings. The molecule has 1 N–H and O–H groups in total. The van der Waals surface area contributed by atoms with Gasteiger partial charge in [-0.15, -0.1) is 0 Å². The molecule has 0 saturated carbocycles. The first kappa shape index (κ1) is 12.7. The van der Waals surface area contributed by atoms with Gasteiger partial charge in [-0.3, -0.25) is 19.9 Å². The summed E-state index contributed by atoms with van der Waals surface area (Å²) in [5, 5.41) is 13.5. The summed E-state index contributed by atoms with van der Waals surface area (Å²) in [6.07, 6.45) is 3.24. The second-order valence-electron chi connectivity index (χ2n) is 3.81. The van der Waals surface area contributed by atoms with Crippen LogP contribution in [0.1, 0.15) is 15.9 Å². The van der Waals surface area contributed by atoms with Crippen molar-refractivity contribution in [2.75, 3.05) is 0 Å². The molecule has 0 spiro atoms. The number of hydrogen-bond acceptors (Lipinski definition) is 4. The van der Waals surface area contributed by atoms with Crippen LogP contribution in [0.4, 0.5) is 5.69 Å². The number of hydrogen-bond donors (Lipinski definition) is 1. The van der Waals surface area contributed by atoms with Gasteiger partial charge in [-0.2, -0.15) is 0 Å². The number of carbonyl (C=O) groups excluding carboxylic acids is 1. The maximum absolute atomic E-state index is 11.9. The molecule has 0 saturated heterocycles. The van der Waals surface area contributed by atoms with Crippen molar-refractivity contribution in [2.24, 2.45) is 0 Å². The van der Waals surface area contributed by atoms with Crippen LogP contribution in [0.3, 0.4) is 0 Å². The van der Waals surface area contributed by atoms with Crippen molar-refractivity contribution < 1.29 is 9.72 Å². The molecule has 0 aliphatic carbocycles. The molecule has 6 heteroatoms. The summed E-state index contributed by atoms with van der Waals surface area (Å²) < 4.78 is 0. The zero-order valence-corrected chi connectivity index (χ0v) is 9.95. The van der Waals surface area contributed by atoms with E-state index in [1.165, 1.54) is 18.2 Å². The van der Waals surface area contributed by atoms with Gasteiger partial charge in [0.15, 0.2) is 0 Å². The summed E-state index contributed by atoms with van der Waals surface area (Å²) in [4.78, 5) is 26.0. The normalized spacial score (nSPS) is 9.89. The molecule has 0 fully saturated rings. The van der Waals surface area contributed by atoms with Crippen LogP contribution in [0.25, 0.3) is 0 Å². The van der Waals surface area contributed by atoms with Gasteiger partial charge in [0.05, 0.1) is 4.92 Å². The number of carbonyl (C=O) groups is 1. The average molecular weight is 257 g/mol. The van der Waals surface area contributed by atoms with Crippen molar-refractivity contribution >= 4 is 11.6 Å². The van der Waals surface area contributed by atoms with E-state index in [1.54, 1.807) is 30.6 Å². The highest BCUT2D eigenvalue weighted by Gasteiger charge is 2.18. The number of nitrogens with zero attached hydrogens (tertiary/aromatic N) is 2. The molecule has 96 valence electrons. The molecule has 0 aliphatic heterocycles. The molecular formula is C13H11N3O3. The number of rotatable bonds is 4. The highest BCUT2D eigenvalue weighted by Crippen LogP contribution is 2.17. The zero-order valence-electron chi connectivity index (χ0n) is 9.95. The fourth-order valence-electron chi connectivity index (χ4n) is 1.60. The number of amides is 1. The summed E-state index contributed by atoms with van der Waals surface area (Å²) in [6.45, 7) is 0.299. The van der Waals surface area contributed by atoms with Crippen molar-refractivity contribution in [3.05, 3.63) is 70.0 Å². The third-order valence-electron chi connectivity index (χ3n) is 2.55. The summed E-state index contributed by atoms with van der Waals surface area (Å²) >= 11 is 0. The number of nitro groups is 1. The molecule has 1 aromatic heterocycles. The van der Waals surface area contributed by atoms with Gasteiger partial charge in [0, 0.05) is 25.0 Å². The Hall–Kier alpha value is -2.76. The van der Waals surface area contributed by atoms with E-state index in [0.717, 1.165) is 5.56 Å². The van der Waals surface area contributed by atoms with E-state index in [2.05, 4.69) is 10.3 Å². The highest BCUT2D eigenvalue weighted by atomic mass is 16.6. The first-order valence-electron chi connectivity index (χ1n) is 5.59. The maximum atomic E-state index is 11.9. The molecule has 2 aromatic rings. The monoisotopic (exact) mass is 257 g/mol. The van der Waals surface area contributed by atoms with Crippen molar-refractivity contribution in [2.45, 2.75) is 6.54 Å². The molecule has 0 bridgehead atoms.